The third kappa shape index (κ3) is 2.94. The number of hydrazone groups is 1. The van der Waals surface area contributed by atoms with Gasteiger partial charge in [0.2, 0.25) is 0 Å². The van der Waals surface area contributed by atoms with Gasteiger partial charge in [0.15, 0.2) is 0 Å². The van der Waals surface area contributed by atoms with E-state index in [1.807, 2.05) is 18.2 Å². The number of rotatable bonds is 3. The highest BCUT2D eigenvalue weighted by Gasteiger charge is 2.28. The largest absolute Gasteiger partial charge is 0.478 e. The van der Waals surface area contributed by atoms with Crippen molar-refractivity contribution in [3.05, 3.63) is 69.6 Å². The number of imidazole rings is 1. The lowest BCUT2D eigenvalue weighted by molar-refractivity contribution is -0.114. The van der Waals surface area contributed by atoms with Crippen molar-refractivity contribution in [2.24, 2.45) is 19.2 Å². The van der Waals surface area contributed by atoms with Crippen LogP contribution in [-0.4, -0.2) is 31.8 Å². The molecule has 0 saturated carbocycles. The number of benzene rings is 2. The highest BCUT2D eigenvalue weighted by molar-refractivity contribution is 6.32. The maximum atomic E-state index is 12.9. The average molecular weight is 390 g/mol. The van der Waals surface area contributed by atoms with E-state index in [1.54, 1.807) is 48.4 Å². The molecule has 0 atom stereocenters. The Balaban J connectivity index is 1.70. The molecular formula is C21H18N4O4. The maximum Gasteiger partial charge on any atom is 0.335 e. The number of fused-ring (bicyclic) bond motifs is 1. The van der Waals surface area contributed by atoms with E-state index in [1.165, 1.54) is 17.1 Å². The molecule has 146 valence electrons. The van der Waals surface area contributed by atoms with Crippen molar-refractivity contribution in [3.8, 4) is 0 Å². The van der Waals surface area contributed by atoms with Gasteiger partial charge in [-0.1, -0.05) is 6.07 Å². The van der Waals surface area contributed by atoms with Crippen molar-refractivity contribution in [2.75, 3.05) is 5.01 Å². The Hall–Kier alpha value is -3.94. The first-order chi connectivity index (χ1) is 13.8. The fourth-order valence-corrected chi connectivity index (χ4v) is 3.38. The highest BCUT2D eigenvalue weighted by Crippen LogP contribution is 2.26. The molecule has 0 fully saturated rings. The minimum Gasteiger partial charge on any atom is -0.478 e. The van der Waals surface area contributed by atoms with Gasteiger partial charge >= 0.3 is 11.7 Å². The normalized spacial score (nSPS) is 15.4. The zero-order chi connectivity index (χ0) is 20.9. The van der Waals surface area contributed by atoms with Crippen LogP contribution in [0.25, 0.3) is 17.1 Å². The van der Waals surface area contributed by atoms with Gasteiger partial charge in [0, 0.05) is 14.1 Å². The molecule has 29 heavy (non-hydrogen) atoms. The SMILES string of the molecule is CC1=NN(c2ccc(C(=O)O)cc2)C(=O)C1=Cc1ccc2c(c1)n(C)c(=O)n2C. The summed E-state index contributed by atoms with van der Waals surface area (Å²) in [7, 11) is 3.42. The van der Waals surface area contributed by atoms with Gasteiger partial charge in [0.1, 0.15) is 0 Å². The summed E-state index contributed by atoms with van der Waals surface area (Å²) in [6, 6.07) is 11.5. The lowest BCUT2D eigenvalue weighted by atomic mass is 10.1. The molecule has 1 N–H and O–H groups in total. The Kier molecular flexibility index (Phi) is 4.19. The van der Waals surface area contributed by atoms with Gasteiger partial charge in [-0.2, -0.15) is 10.1 Å². The topological polar surface area (TPSA) is 96.9 Å². The molecule has 3 aromatic rings. The van der Waals surface area contributed by atoms with Gasteiger partial charge in [-0.25, -0.2) is 9.59 Å². The number of aryl methyl sites for hydroxylation is 2. The van der Waals surface area contributed by atoms with Crippen molar-refractivity contribution in [1.82, 2.24) is 9.13 Å². The number of aromatic nitrogens is 2. The second-order valence-corrected chi connectivity index (χ2v) is 6.86. The molecule has 1 amide bonds. The number of carboxylic acid groups (broad SMARTS) is 1. The predicted molar refractivity (Wildman–Crippen MR) is 110 cm³/mol. The second kappa shape index (κ2) is 6.59. The first-order valence-corrected chi connectivity index (χ1v) is 8.88. The fourth-order valence-electron chi connectivity index (χ4n) is 3.38. The van der Waals surface area contributed by atoms with Crippen LogP contribution in [0.4, 0.5) is 5.69 Å². The monoisotopic (exact) mass is 390 g/mol. The molecule has 0 bridgehead atoms. The van der Waals surface area contributed by atoms with E-state index >= 15 is 0 Å². The fraction of sp³-hybridized carbons (Fsp3) is 0.143. The number of hydrogen-bond acceptors (Lipinski definition) is 4. The number of nitrogens with zero attached hydrogens (tertiary/aromatic N) is 4. The molecule has 8 heteroatoms. The van der Waals surface area contributed by atoms with Crippen LogP contribution in [0.3, 0.4) is 0 Å². The molecule has 1 aliphatic heterocycles. The molecule has 2 heterocycles. The first kappa shape index (κ1) is 18.4. The zero-order valence-corrected chi connectivity index (χ0v) is 16.1. The molecule has 0 spiro atoms. The van der Waals surface area contributed by atoms with Crippen molar-refractivity contribution in [2.45, 2.75) is 6.92 Å². The van der Waals surface area contributed by atoms with Gasteiger partial charge in [0.25, 0.3) is 5.91 Å². The Bertz CT molecular complexity index is 1290. The summed E-state index contributed by atoms with van der Waals surface area (Å²) >= 11 is 0. The molecule has 4 rings (SSSR count). The van der Waals surface area contributed by atoms with Gasteiger partial charge < -0.3 is 5.11 Å². The number of anilines is 1. The lowest BCUT2D eigenvalue weighted by Crippen LogP contribution is -2.21. The molecule has 2 aromatic carbocycles. The van der Waals surface area contributed by atoms with Crippen LogP contribution in [0.5, 0.6) is 0 Å². The standard InChI is InChI=1S/C21H18N4O4/c1-12-16(10-13-4-9-17-18(11-13)24(3)21(29)23(17)2)19(26)25(22-12)15-7-5-14(6-8-15)20(27)28/h4-11H,1-3H3,(H,27,28). The van der Waals surface area contributed by atoms with Crippen LogP contribution < -0.4 is 10.7 Å². The predicted octanol–water partition coefficient (Wildman–Crippen LogP) is 2.38. The summed E-state index contributed by atoms with van der Waals surface area (Å²) in [6.45, 7) is 1.74. The van der Waals surface area contributed by atoms with Gasteiger partial charge in [-0.3, -0.25) is 13.9 Å². The Morgan fingerprint density at radius 1 is 1.00 bits per heavy atom. The summed E-state index contributed by atoms with van der Waals surface area (Å²) in [4.78, 5) is 36.0. The third-order valence-electron chi connectivity index (χ3n) is 5.03. The van der Waals surface area contributed by atoms with E-state index in [9.17, 15) is 14.4 Å². The van der Waals surface area contributed by atoms with E-state index in [4.69, 9.17) is 5.11 Å². The van der Waals surface area contributed by atoms with Gasteiger partial charge in [-0.05, 0) is 55.0 Å². The zero-order valence-electron chi connectivity index (χ0n) is 16.1. The summed E-state index contributed by atoms with van der Waals surface area (Å²) in [5.74, 6) is -1.33. The van der Waals surface area contributed by atoms with E-state index in [0.717, 1.165) is 16.6 Å². The van der Waals surface area contributed by atoms with Crippen molar-refractivity contribution < 1.29 is 14.7 Å². The molecule has 1 aliphatic rings. The molecule has 8 nitrogen and oxygen atoms in total. The number of carbonyl (C=O) groups is 2. The van der Waals surface area contributed by atoms with E-state index < -0.39 is 5.97 Å². The van der Waals surface area contributed by atoms with Crippen molar-refractivity contribution in [1.29, 1.82) is 0 Å². The quantitative estimate of drug-likeness (QED) is 0.695. The van der Waals surface area contributed by atoms with E-state index in [-0.39, 0.29) is 17.2 Å². The Morgan fingerprint density at radius 3 is 2.31 bits per heavy atom. The van der Waals surface area contributed by atoms with Crippen molar-refractivity contribution in [3.63, 3.8) is 0 Å². The van der Waals surface area contributed by atoms with E-state index in [2.05, 4.69) is 5.10 Å². The summed E-state index contributed by atoms with van der Waals surface area (Å²) in [5.41, 5.74) is 3.86. The third-order valence-corrected chi connectivity index (χ3v) is 5.03. The van der Waals surface area contributed by atoms with Gasteiger partial charge in [-0.15, -0.1) is 0 Å². The van der Waals surface area contributed by atoms with Crippen molar-refractivity contribution >= 4 is 40.4 Å². The van der Waals surface area contributed by atoms with Crippen LogP contribution in [0.1, 0.15) is 22.8 Å². The first-order valence-electron chi connectivity index (χ1n) is 8.88. The summed E-state index contributed by atoms with van der Waals surface area (Å²) in [6.07, 6.45) is 1.74. The smallest absolute Gasteiger partial charge is 0.335 e. The Morgan fingerprint density at radius 2 is 1.66 bits per heavy atom. The van der Waals surface area contributed by atoms with E-state index in [0.29, 0.717) is 17.0 Å². The van der Waals surface area contributed by atoms with Crippen LogP contribution >= 0.6 is 0 Å². The van der Waals surface area contributed by atoms with Crippen LogP contribution in [0.2, 0.25) is 0 Å². The Labute approximate surface area is 165 Å². The maximum absolute atomic E-state index is 12.9. The molecule has 0 saturated heterocycles. The van der Waals surface area contributed by atoms with Crippen LogP contribution in [-0.2, 0) is 18.9 Å². The van der Waals surface area contributed by atoms with Gasteiger partial charge in [0.05, 0.1) is 33.6 Å². The second-order valence-electron chi connectivity index (χ2n) is 6.86. The number of hydrogen-bond donors (Lipinski definition) is 1. The lowest BCUT2D eigenvalue weighted by Gasteiger charge is -2.11. The highest BCUT2D eigenvalue weighted by atomic mass is 16.4. The molecule has 0 aliphatic carbocycles. The minimum atomic E-state index is -1.03. The molecule has 0 radical (unpaired) electrons. The molecule has 1 aromatic heterocycles. The van der Waals surface area contributed by atoms with Crippen LogP contribution in [0, 0.1) is 0 Å². The molecular weight excluding hydrogens is 372 g/mol. The summed E-state index contributed by atoms with van der Waals surface area (Å²) in [5, 5.41) is 14.6. The minimum absolute atomic E-state index is 0.115. The van der Waals surface area contributed by atoms with Crippen LogP contribution in [0.15, 0.2) is 57.9 Å². The number of amides is 1. The number of carbonyl (C=O) groups excluding carboxylic acids is 1. The molecule has 0 unspecified atom stereocenters. The average Bonchev–Trinajstić information content (AvgIpc) is 3.11. The summed E-state index contributed by atoms with van der Waals surface area (Å²) < 4.78 is 3.13. The number of carboxylic acids is 1. The number of aromatic carboxylic acids is 1.